The molecule has 0 saturated carbocycles. The summed E-state index contributed by atoms with van der Waals surface area (Å²) in [6, 6.07) is 0. The summed E-state index contributed by atoms with van der Waals surface area (Å²) in [6.45, 7) is 15.7. The second-order valence-electron chi connectivity index (χ2n) is 11.8. The average molecular weight is 471 g/mol. The predicted octanol–water partition coefficient (Wildman–Crippen LogP) is 6.63. The molecule has 0 aliphatic rings. The Labute approximate surface area is 205 Å². The minimum absolute atomic E-state index is 0.0975. The third-order valence-electron chi connectivity index (χ3n) is 6.56. The maximum absolute atomic E-state index is 12.0. The van der Waals surface area contributed by atoms with Gasteiger partial charge in [-0.3, -0.25) is 9.59 Å². The van der Waals surface area contributed by atoms with Crippen LogP contribution in [0, 0.1) is 23.7 Å². The Bertz CT molecular complexity index is 472. The Balaban J connectivity index is 3.86. The van der Waals surface area contributed by atoms with Crippen molar-refractivity contribution in [3.05, 3.63) is 0 Å². The van der Waals surface area contributed by atoms with E-state index in [9.17, 15) is 9.59 Å². The van der Waals surface area contributed by atoms with Gasteiger partial charge in [-0.25, -0.2) is 0 Å². The third kappa shape index (κ3) is 21.2. The van der Waals surface area contributed by atoms with Crippen molar-refractivity contribution in [3.63, 3.8) is 0 Å². The molecule has 0 aromatic rings. The zero-order valence-electron chi connectivity index (χ0n) is 23.3. The lowest BCUT2D eigenvalue weighted by atomic mass is 9.96. The van der Waals surface area contributed by atoms with Crippen molar-refractivity contribution in [1.82, 2.24) is 0 Å². The SMILES string of the molecule is CC(C)CCCC(C)CCC(=O)OCC[N+](C)(C)CCOC(=O)CCC(C)CCCC(C)C. The van der Waals surface area contributed by atoms with Crippen molar-refractivity contribution in [2.24, 2.45) is 23.7 Å². The van der Waals surface area contributed by atoms with Crippen LogP contribution in [-0.4, -0.2) is 56.8 Å². The van der Waals surface area contributed by atoms with Gasteiger partial charge in [0.25, 0.3) is 0 Å². The van der Waals surface area contributed by atoms with Gasteiger partial charge in [0.2, 0.25) is 0 Å². The van der Waals surface area contributed by atoms with E-state index in [1.807, 2.05) is 0 Å². The Kier molecular flexibility index (Phi) is 17.6. The lowest BCUT2D eigenvalue weighted by Gasteiger charge is -2.29. The number of likely N-dealkylation sites (N-methyl/N-ethyl adjacent to an activating group) is 1. The Morgan fingerprint density at radius 1 is 0.606 bits per heavy atom. The molecule has 0 aromatic heterocycles. The second-order valence-corrected chi connectivity index (χ2v) is 11.8. The highest BCUT2D eigenvalue weighted by molar-refractivity contribution is 5.69. The summed E-state index contributed by atoms with van der Waals surface area (Å²) in [6.07, 6.45) is 10.2. The number of hydrogen-bond donors (Lipinski definition) is 0. The summed E-state index contributed by atoms with van der Waals surface area (Å²) in [5, 5.41) is 0. The van der Waals surface area contributed by atoms with Crippen LogP contribution in [0.5, 0.6) is 0 Å². The largest absolute Gasteiger partial charge is 0.460 e. The average Bonchev–Trinajstić information content (AvgIpc) is 2.70. The molecule has 0 aromatic carbocycles. The van der Waals surface area contributed by atoms with Crippen molar-refractivity contribution in [1.29, 1.82) is 0 Å². The molecule has 196 valence electrons. The molecule has 0 saturated heterocycles. The molecular weight excluding hydrogens is 414 g/mol. The molecule has 5 nitrogen and oxygen atoms in total. The number of esters is 2. The second kappa shape index (κ2) is 18.3. The van der Waals surface area contributed by atoms with Crippen molar-refractivity contribution in [2.45, 2.75) is 106 Å². The summed E-state index contributed by atoms with van der Waals surface area (Å²) in [5.41, 5.74) is 0. The Hall–Kier alpha value is -1.10. The first-order valence-corrected chi connectivity index (χ1v) is 13.5. The van der Waals surface area contributed by atoms with Crippen LogP contribution in [0.3, 0.4) is 0 Å². The molecule has 2 atom stereocenters. The molecule has 33 heavy (non-hydrogen) atoms. The van der Waals surface area contributed by atoms with Crippen LogP contribution in [0.15, 0.2) is 0 Å². The zero-order chi connectivity index (χ0) is 25.3. The fraction of sp³-hybridized carbons (Fsp3) is 0.929. The standard InChI is InChI=1S/C28H56NO4/c1-23(2)11-9-13-25(5)15-17-27(30)32-21-19-29(7,8)20-22-33-28(31)18-16-26(6)14-10-12-24(3)4/h23-26H,9-22H2,1-8H3/q+1. The van der Waals surface area contributed by atoms with Crippen LogP contribution >= 0.6 is 0 Å². The van der Waals surface area contributed by atoms with E-state index in [2.05, 4.69) is 55.6 Å². The maximum atomic E-state index is 12.0. The van der Waals surface area contributed by atoms with Crippen LogP contribution in [-0.2, 0) is 19.1 Å². The van der Waals surface area contributed by atoms with Gasteiger partial charge in [0.05, 0.1) is 14.1 Å². The van der Waals surface area contributed by atoms with Gasteiger partial charge in [-0.1, -0.05) is 80.1 Å². The number of quaternary nitrogens is 1. The minimum atomic E-state index is -0.0975. The van der Waals surface area contributed by atoms with Gasteiger partial charge in [-0.05, 0) is 36.5 Å². The van der Waals surface area contributed by atoms with Crippen LogP contribution < -0.4 is 0 Å². The van der Waals surface area contributed by atoms with E-state index >= 15 is 0 Å². The third-order valence-corrected chi connectivity index (χ3v) is 6.56. The molecule has 0 heterocycles. The molecule has 0 amide bonds. The monoisotopic (exact) mass is 470 g/mol. The molecule has 0 aliphatic heterocycles. The fourth-order valence-electron chi connectivity index (χ4n) is 3.84. The number of carbonyl (C=O) groups excluding carboxylic acids is 2. The number of rotatable bonds is 20. The molecule has 0 fully saturated rings. The van der Waals surface area contributed by atoms with Crippen LogP contribution in [0.4, 0.5) is 0 Å². The number of ether oxygens (including phenoxy) is 2. The maximum Gasteiger partial charge on any atom is 0.306 e. The molecule has 2 unspecified atom stereocenters. The Morgan fingerprint density at radius 2 is 0.970 bits per heavy atom. The topological polar surface area (TPSA) is 52.6 Å². The summed E-state index contributed by atoms with van der Waals surface area (Å²) >= 11 is 0. The molecule has 0 spiro atoms. The smallest absolute Gasteiger partial charge is 0.306 e. The molecule has 0 aliphatic carbocycles. The van der Waals surface area contributed by atoms with Gasteiger partial charge >= 0.3 is 11.9 Å². The van der Waals surface area contributed by atoms with Gasteiger partial charge < -0.3 is 14.0 Å². The lowest BCUT2D eigenvalue weighted by Crippen LogP contribution is -2.45. The predicted molar refractivity (Wildman–Crippen MR) is 138 cm³/mol. The summed E-state index contributed by atoms with van der Waals surface area (Å²) in [4.78, 5) is 24.1. The fourth-order valence-corrected chi connectivity index (χ4v) is 3.84. The van der Waals surface area contributed by atoms with Crippen molar-refractivity contribution in [3.8, 4) is 0 Å². The number of carbonyl (C=O) groups is 2. The van der Waals surface area contributed by atoms with E-state index in [1.165, 1.54) is 38.5 Å². The highest BCUT2D eigenvalue weighted by Gasteiger charge is 2.18. The number of hydrogen-bond acceptors (Lipinski definition) is 4. The first kappa shape index (κ1) is 31.9. The summed E-state index contributed by atoms with van der Waals surface area (Å²) < 4.78 is 11.6. The van der Waals surface area contributed by atoms with E-state index in [0.717, 1.165) is 37.8 Å². The van der Waals surface area contributed by atoms with E-state index in [-0.39, 0.29) is 11.9 Å². The van der Waals surface area contributed by atoms with Crippen LogP contribution in [0.1, 0.15) is 106 Å². The Morgan fingerprint density at radius 3 is 1.30 bits per heavy atom. The summed E-state index contributed by atoms with van der Waals surface area (Å²) in [5.74, 6) is 2.45. The highest BCUT2D eigenvalue weighted by Crippen LogP contribution is 2.18. The van der Waals surface area contributed by atoms with Crippen LogP contribution in [0.2, 0.25) is 0 Å². The van der Waals surface area contributed by atoms with Crippen LogP contribution in [0.25, 0.3) is 0 Å². The lowest BCUT2D eigenvalue weighted by molar-refractivity contribution is -0.890. The van der Waals surface area contributed by atoms with Crippen molar-refractivity contribution < 1.29 is 23.5 Å². The molecular formula is C28H56NO4+. The molecule has 0 N–H and O–H groups in total. The molecule has 0 rings (SSSR count). The van der Waals surface area contributed by atoms with Gasteiger partial charge in [0.1, 0.15) is 26.3 Å². The van der Waals surface area contributed by atoms with Gasteiger partial charge in [0.15, 0.2) is 0 Å². The summed E-state index contributed by atoms with van der Waals surface area (Å²) in [7, 11) is 4.16. The molecule has 0 bridgehead atoms. The van der Waals surface area contributed by atoms with Gasteiger partial charge in [-0.2, -0.15) is 0 Å². The first-order chi connectivity index (χ1) is 15.4. The minimum Gasteiger partial charge on any atom is -0.460 e. The highest BCUT2D eigenvalue weighted by atomic mass is 16.5. The van der Waals surface area contributed by atoms with Crippen molar-refractivity contribution >= 4 is 11.9 Å². The molecule has 5 heteroatoms. The normalized spacial score (nSPS) is 13.9. The quantitative estimate of drug-likeness (QED) is 0.148. The van der Waals surface area contributed by atoms with Gasteiger partial charge in [0, 0.05) is 12.8 Å². The van der Waals surface area contributed by atoms with Gasteiger partial charge in [-0.15, -0.1) is 0 Å². The van der Waals surface area contributed by atoms with E-state index in [4.69, 9.17) is 9.47 Å². The van der Waals surface area contributed by atoms with E-state index in [0.29, 0.717) is 42.4 Å². The van der Waals surface area contributed by atoms with E-state index < -0.39 is 0 Å². The molecule has 0 radical (unpaired) electrons. The zero-order valence-corrected chi connectivity index (χ0v) is 23.3. The number of nitrogens with zero attached hydrogens (tertiary/aromatic N) is 1. The van der Waals surface area contributed by atoms with E-state index in [1.54, 1.807) is 0 Å². The van der Waals surface area contributed by atoms with Crippen molar-refractivity contribution in [2.75, 3.05) is 40.4 Å². The first-order valence-electron chi connectivity index (χ1n) is 13.5.